The summed E-state index contributed by atoms with van der Waals surface area (Å²) in [7, 11) is -2.12. The molecule has 0 aliphatic carbocycles. The van der Waals surface area contributed by atoms with Gasteiger partial charge in [0.25, 0.3) is 0 Å². The molecule has 1 amide bonds. The summed E-state index contributed by atoms with van der Waals surface area (Å²) < 4.78 is 77.1. The Morgan fingerprint density at radius 3 is 2.60 bits per heavy atom. The number of ether oxygens (including phenoxy) is 1. The van der Waals surface area contributed by atoms with Crippen molar-refractivity contribution < 1.29 is 36.3 Å². The number of anilines is 1. The number of alkyl halides is 2. The predicted octanol–water partition coefficient (Wildman–Crippen LogP) is 6.84. The van der Waals surface area contributed by atoms with Gasteiger partial charge in [0.15, 0.2) is 5.82 Å². The molecular weight excluding hydrogens is 720 g/mol. The van der Waals surface area contributed by atoms with Gasteiger partial charge in [-0.2, -0.15) is 9.97 Å². The van der Waals surface area contributed by atoms with E-state index in [-0.39, 0.29) is 61.3 Å². The Kier molecular flexibility index (Phi) is 10.4. The molecule has 2 aromatic heterocycles. The van der Waals surface area contributed by atoms with Crippen LogP contribution in [0.15, 0.2) is 42.6 Å². The number of aromatic nitrogens is 3. The van der Waals surface area contributed by atoms with Crippen molar-refractivity contribution in [1.82, 2.24) is 24.8 Å². The van der Waals surface area contributed by atoms with Crippen LogP contribution in [0, 0.1) is 5.82 Å². The van der Waals surface area contributed by atoms with E-state index in [9.17, 15) is 13.8 Å². The Morgan fingerprint density at radius 1 is 1.10 bits per heavy atom. The van der Waals surface area contributed by atoms with Crippen LogP contribution in [0.2, 0.25) is 5.02 Å². The van der Waals surface area contributed by atoms with Crippen molar-refractivity contribution in [2.45, 2.75) is 57.0 Å². The molecule has 0 saturated carbocycles. The van der Waals surface area contributed by atoms with Gasteiger partial charge in [-0.15, -0.1) is 0 Å². The van der Waals surface area contributed by atoms with Gasteiger partial charge in [0.1, 0.15) is 42.1 Å². The molecule has 5 heterocycles. The molecule has 3 aliphatic heterocycles. The number of fused-ring (bicyclic) bond motifs is 3. The van der Waals surface area contributed by atoms with Gasteiger partial charge in [-0.25, -0.2) is 13.2 Å². The van der Waals surface area contributed by atoms with E-state index >= 15 is 8.78 Å². The highest BCUT2D eigenvalue weighted by Gasteiger charge is 2.49. The quantitative estimate of drug-likeness (QED) is 0.142. The van der Waals surface area contributed by atoms with Gasteiger partial charge in [-0.1, -0.05) is 41.9 Å². The molecule has 52 heavy (non-hydrogen) atoms. The van der Waals surface area contributed by atoms with Gasteiger partial charge in [0.05, 0.1) is 36.7 Å². The molecule has 4 atom stereocenters. The number of benzene rings is 2. The standard InChI is InChI=1S/C36H41ClF3N6O5P/c1-4-50-52(48,51-5-2)20-29(47)45-18-27(39)28(19-45)44(3)34-25-16-41-32(24-11-6-9-22-10-7-12-26(37)30(22)24)31(40)33(25)42-35(43-34)49-21-36-13-8-14-46(36)17-23(38)15-36/h6-7,9-12,16,23,27-28H,4-5,8,13-15,17-21H2,1-3H3/t23-,27+,28+,36+/m1/s1. The summed E-state index contributed by atoms with van der Waals surface area (Å²) in [6.07, 6.45) is 0.349. The second-order valence-electron chi connectivity index (χ2n) is 13.6. The minimum Gasteiger partial charge on any atom is -0.461 e. The van der Waals surface area contributed by atoms with E-state index in [0.717, 1.165) is 24.8 Å². The van der Waals surface area contributed by atoms with Crippen LogP contribution in [-0.4, -0.2) is 114 Å². The maximum atomic E-state index is 16.8. The number of amides is 1. The molecule has 0 bridgehead atoms. The lowest BCUT2D eigenvalue weighted by atomic mass is 9.95. The van der Waals surface area contributed by atoms with Gasteiger partial charge in [-0.3, -0.25) is 19.2 Å². The lowest BCUT2D eigenvalue weighted by Crippen LogP contribution is -2.43. The highest BCUT2D eigenvalue weighted by molar-refractivity contribution is 7.54. The zero-order chi connectivity index (χ0) is 36.8. The number of carbonyl (C=O) groups is 1. The molecule has 0 radical (unpaired) electrons. The number of likely N-dealkylation sites (N-methyl/N-ethyl adjacent to an activating group) is 1. The first-order valence-electron chi connectivity index (χ1n) is 17.5. The molecule has 0 unspecified atom stereocenters. The maximum absolute atomic E-state index is 16.8. The predicted molar refractivity (Wildman–Crippen MR) is 193 cm³/mol. The summed E-state index contributed by atoms with van der Waals surface area (Å²) in [5.74, 6) is -1.19. The van der Waals surface area contributed by atoms with Crippen LogP contribution in [0.1, 0.15) is 33.1 Å². The average molecular weight is 761 g/mol. The maximum Gasteiger partial charge on any atom is 0.340 e. The normalized spacial score (nSPS) is 23.5. The molecule has 278 valence electrons. The van der Waals surface area contributed by atoms with Gasteiger partial charge in [0.2, 0.25) is 5.91 Å². The van der Waals surface area contributed by atoms with Crippen LogP contribution in [-0.2, 0) is 18.4 Å². The topological polar surface area (TPSA) is 110 Å². The number of hydrogen-bond donors (Lipinski definition) is 0. The highest BCUT2D eigenvalue weighted by atomic mass is 35.5. The van der Waals surface area contributed by atoms with Crippen LogP contribution in [0.4, 0.5) is 19.0 Å². The second-order valence-corrected chi connectivity index (χ2v) is 16.1. The summed E-state index contributed by atoms with van der Waals surface area (Å²) in [4.78, 5) is 31.8. The van der Waals surface area contributed by atoms with E-state index < -0.39 is 49.4 Å². The monoisotopic (exact) mass is 760 g/mol. The van der Waals surface area contributed by atoms with E-state index in [2.05, 4.69) is 19.9 Å². The highest BCUT2D eigenvalue weighted by Crippen LogP contribution is 2.48. The first-order valence-corrected chi connectivity index (χ1v) is 19.6. The Bertz CT molecular complexity index is 2030. The molecule has 16 heteroatoms. The molecule has 11 nitrogen and oxygen atoms in total. The summed E-state index contributed by atoms with van der Waals surface area (Å²) in [6, 6.07) is 9.72. The van der Waals surface area contributed by atoms with Crippen LogP contribution in [0.3, 0.4) is 0 Å². The number of halogens is 4. The van der Waals surface area contributed by atoms with E-state index in [1.54, 1.807) is 39.1 Å². The SMILES string of the molecule is CCOP(=O)(CC(=O)N1C[C@H](F)[C@@H](N(C)c2nc(OC[C@@]34CCCN3C[C@H](F)C4)nc3c(F)c(-c4cccc5cccc(Cl)c45)ncc23)C1)OCC. The largest absolute Gasteiger partial charge is 0.461 e. The van der Waals surface area contributed by atoms with Crippen molar-refractivity contribution in [1.29, 1.82) is 0 Å². The fourth-order valence-corrected chi connectivity index (χ4v) is 9.80. The summed E-state index contributed by atoms with van der Waals surface area (Å²) in [6.45, 7) is 4.29. The van der Waals surface area contributed by atoms with E-state index in [1.165, 1.54) is 16.0 Å². The number of pyridine rings is 1. The number of carbonyl (C=O) groups excluding carboxylic acids is 1. The second kappa shape index (κ2) is 14.7. The van der Waals surface area contributed by atoms with E-state index in [1.807, 2.05) is 18.2 Å². The van der Waals surface area contributed by atoms with Crippen molar-refractivity contribution in [2.24, 2.45) is 0 Å². The summed E-state index contributed by atoms with van der Waals surface area (Å²) >= 11 is 6.59. The first-order chi connectivity index (χ1) is 25.0. The van der Waals surface area contributed by atoms with Crippen molar-refractivity contribution >= 4 is 52.6 Å². The van der Waals surface area contributed by atoms with Crippen LogP contribution >= 0.6 is 19.2 Å². The van der Waals surface area contributed by atoms with Crippen molar-refractivity contribution in [3.63, 3.8) is 0 Å². The van der Waals surface area contributed by atoms with Crippen LogP contribution in [0.25, 0.3) is 32.9 Å². The zero-order valence-corrected chi connectivity index (χ0v) is 30.9. The molecular formula is C36H41ClF3N6O5P. The fourth-order valence-electron chi connectivity index (χ4n) is 7.94. The minimum atomic E-state index is -3.72. The number of hydrogen-bond acceptors (Lipinski definition) is 10. The molecule has 3 aliphatic rings. The summed E-state index contributed by atoms with van der Waals surface area (Å²) in [5, 5.41) is 2.05. The van der Waals surface area contributed by atoms with Crippen molar-refractivity contribution in [2.75, 3.05) is 64.1 Å². The number of rotatable bonds is 12. The van der Waals surface area contributed by atoms with Gasteiger partial charge < -0.3 is 23.6 Å². The third-order valence-electron chi connectivity index (χ3n) is 10.4. The molecule has 2 aromatic carbocycles. The molecule has 4 aromatic rings. The van der Waals surface area contributed by atoms with Gasteiger partial charge >= 0.3 is 13.6 Å². The first kappa shape index (κ1) is 36.8. The number of nitrogens with zero attached hydrogens (tertiary/aromatic N) is 6. The lowest BCUT2D eigenvalue weighted by molar-refractivity contribution is -0.127. The minimum absolute atomic E-state index is 0.00936. The molecule has 3 fully saturated rings. The molecule has 0 spiro atoms. The Labute approximate surface area is 304 Å². The van der Waals surface area contributed by atoms with Crippen LogP contribution < -0.4 is 9.64 Å². The fraction of sp³-hybridized carbons (Fsp3) is 0.500. The summed E-state index contributed by atoms with van der Waals surface area (Å²) in [5.41, 5.74) is -0.157. The Hall–Kier alpha value is -3.55. The third kappa shape index (κ3) is 6.84. The molecule has 7 rings (SSSR count). The van der Waals surface area contributed by atoms with Gasteiger partial charge in [0, 0.05) is 48.7 Å². The average Bonchev–Trinajstić information content (AvgIpc) is 3.78. The zero-order valence-electron chi connectivity index (χ0n) is 29.2. The van der Waals surface area contributed by atoms with Gasteiger partial charge in [-0.05, 0) is 44.7 Å². The van der Waals surface area contributed by atoms with Crippen molar-refractivity contribution in [3.05, 3.63) is 53.4 Å². The Balaban J connectivity index is 1.26. The third-order valence-corrected chi connectivity index (χ3v) is 12.6. The Morgan fingerprint density at radius 2 is 1.85 bits per heavy atom. The van der Waals surface area contributed by atoms with Crippen molar-refractivity contribution in [3.8, 4) is 17.3 Å². The smallest absolute Gasteiger partial charge is 0.340 e. The number of likely N-dealkylation sites (tertiary alicyclic amines) is 1. The van der Waals surface area contributed by atoms with Crippen LogP contribution in [0.5, 0.6) is 6.01 Å². The molecule has 0 N–H and O–H groups in total. The van der Waals surface area contributed by atoms with E-state index in [0.29, 0.717) is 28.9 Å². The lowest BCUT2D eigenvalue weighted by Gasteiger charge is -2.31. The molecule has 3 saturated heterocycles. The van der Waals surface area contributed by atoms with E-state index in [4.69, 9.17) is 25.4 Å².